The first kappa shape index (κ1) is 48.3. The largest absolute Gasteiger partial charge is 0.507 e. The summed E-state index contributed by atoms with van der Waals surface area (Å²) in [5.41, 5.74) is 0.0618. The van der Waals surface area contributed by atoms with Crippen LogP contribution in [0.25, 0.3) is 28.4 Å². The van der Waals surface area contributed by atoms with E-state index in [4.69, 9.17) is 37.6 Å². The summed E-state index contributed by atoms with van der Waals surface area (Å²) in [6, 6.07) is 10.4. The van der Waals surface area contributed by atoms with E-state index in [1.54, 1.807) is 0 Å². The molecule has 3 fully saturated rings. The zero-order valence-corrected chi connectivity index (χ0v) is 34.0. The van der Waals surface area contributed by atoms with E-state index in [1.807, 2.05) is 0 Å². The number of aliphatic hydroxyl groups excluding tert-OH is 10. The molecule has 3 aliphatic heterocycles. The van der Waals surface area contributed by atoms with E-state index in [2.05, 4.69) is 0 Å². The summed E-state index contributed by atoms with van der Waals surface area (Å²) in [7, 11) is 0. The van der Waals surface area contributed by atoms with Gasteiger partial charge in [0.05, 0.1) is 24.8 Å². The molecule has 358 valence electrons. The van der Waals surface area contributed by atoms with Crippen molar-refractivity contribution in [3.63, 3.8) is 0 Å². The fourth-order valence-corrected chi connectivity index (χ4v) is 7.28. The number of carbonyl (C=O) groups is 1. The van der Waals surface area contributed by atoms with Gasteiger partial charge in [0.1, 0.15) is 90.6 Å². The van der Waals surface area contributed by atoms with Crippen LogP contribution in [0.5, 0.6) is 40.2 Å². The van der Waals surface area contributed by atoms with E-state index in [0.29, 0.717) is 0 Å². The van der Waals surface area contributed by atoms with E-state index in [1.165, 1.54) is 30.3 Å². The Labute approximate surface area is 371 Å². The van der Waals surface area contributed by atoms with Crippen molar-refractivity contribution in [2.75, 3.05) is 19.8 Å². The van der Waals surface area contributed by atoms with Gasteiger partial charge in [-0.25, -0.2) is 9.21 Å². The number of aliphatic hydroxyl groups is 10. The third-order valence-corrected chi connectivity index (χ3v) is 11.0. The summed E-state index contributed by atoms with van der Waals surface area (Å²) in [5, 5.41) is 156. The molecule has 0 saturated carbocycles. The van der Waals surface area contributed by atoms with Gasteiger partial charge in [0.2, 0.25) is 18.3 Å². The summed E-state index contributed by atoms with van der Waals surface area (Å²) in [4.78, 5) is 12.8. The second kappa shape index (κ2) is 20.0. The molecule has 0 aliphatic carbocycles. The van der Waals surface area contributed by atoms with Gasteiger partial charge >= 0.3 is 17.3 Å². The molecule has 4 heterocycles. The Balaban J connectivity index is 1.27. The molecule has 4 aromatic rings. The molecule has 3 saturated heterocycles. The van der Waals surface area contributed by atoms with Crippen molar-refractivity contribution < 1.29 is 119 Å². The van der Waals surface area contributed by atoms with E-state index in [9.17, 15) is 81.4 Å². The molecule has 0 amide bonds. The Hall–Kier alpha value is -5.68. The highest BCUT2D eigenvalue weighted by Gasteiger charge is 2.52. The first-order chi connectivity index (χ1) is 31.4. The fourth-order valence-electron chi connectivity index (χ4n) is 7.28. The minimum atomic E-state index is -2.10. The highest BCUT2D eigenvalue weighted by molar-refractivity contribution is 5.89. The van der Waals surface area contributed by atoms with Crippen molar-refractivity contribution in [1.29, 1.82) is 0 Å². The minimum absolute atomic E-state index is 0.0241. The van der Waals surface area contributed by atoms with Gasteiger partial charge in [-0.05, 0) is 35.9 Å². The van der Waals surface area contributed by atoms with E-state index < -0.39 is 152 Å². The number of hydrogen-bond donors (Lipinski definition) is 15. The predicted octanol–water partition coefficient (Wildman–Crippen LogP) is -2.65. The Kier molecular flexibility index (Phi) is 14.7. The average Bonchev–Trinajstić information content (AvgIpc) is 3.29. The minimum Gasteiger partial charge on any atom is -0.507 e. The van der Waals surface area contributed by atoms with Gasteiger partial charge in [-0.3, -0.25) is 0 Å². The number of rotatable bonds is 13. The van der Waals surface area contributed by atoms with Crippen LogP contribution in [0.3, 0.4) is 0 Å². The van der Waals surface area contributed by atoms with Crippen molar-refractivity contribution in [3.8, 4) is 51.6 Å². The van der Waals surface area contributed by atoms with Gasteiger partial charge in [0.15, 0.2) is 35.4 Å². The molecule has 24 nitrogen and oxygen atoms in total. The number of esters is 1. The number of hydrogen-bond acceptors (Lipinski definition) is 23. The van der Waals surface area contributed by atoms with Crippen LogP contribution in [0.2, 0.25) is 0 Å². The molecule has 7 rings (SSSR count). The topological polar surface area (TPSA) is 396 Å². The molecule has 0 spiro atoms. The van der Waals surface area contributed by atoms with Crippen molar-refractivity contribution in [2.24, 2.45) is 0 Å². The van der Waals surface area contributed by atoms with Crippen LogP contribution < -0.4 is 9.47 Å². The molecule has 3 aliphatic rings. The van der Waals surface area contributed by atoms with Gasteiger partial charge in [0, 0.05) is 24.3 Å². The lowest BCUT2D eigenvalue weighted by Gasteiger charge is -2.45. The molecular formula is C42H47O24+. The maximum atomic E-state index is 12.8. The summed E-state index contributed by atoms with van der Waals surface area (Å²) in [6.07, 6.45) is -25.6. The average molecular weight is 936 g/mol. The van der Waals surface area contributed by atoms with Gasteiger partial charge in [0.25, 0.3) is 0 Å². The summed E-state index contributed by atoms with van der Waals surface area (Å²) >= 11 is 0. The third kappa shape index (κ3) is 10.0. The van der Waals surface area contributed by atoms with Crippen LogP contribution in [-0.2, 0) is 28.5 Å². The highest BCUT2D eigenvalue weighted by Crippen LogP contribution is 2.44. The van der Waals surface area contributed by atoms with Crippen LogP contribution in [-0.4, -0.2) is 195 Å². The second-order valence-electron chi connectivity index (χ2n) is 15.5. The van der Waals surface area contributed by atoms with Crippen molar-refractivity contribution >= 4 is 23.0 Å². The lowest BCUT2D eigenvalue weighted by atomic mass is 9.97. The molecule has 3 aromatic carbocycles. The van der Waals surface area contributed by atoms with E-state index in [-0.39, 0.29) is 33.6 Å². The maximum Gasteiger partial charge on any atom is 0.402 e. The summed E-state index contributed by atoms with van der Waals surface area (Å²) < 4.78 is 46.4. The van der Waals surface area contributed by atoms with Gasteiger partial charge in [-0.2, -0.15) is 0 Å². The Morgan fingerprint density at radius 3 is 1.80 bits per heavy atom. The molecule has 66 heavy (non-hydrogen) atoms. The van der Waals surface area contributed by atoms with Crippen LogP contribution in [0, 0.1) is 0 Å². The third-order valence-electron chi connectivity index (χ3n) is 11.0. The smallest absolute Gasteiger partial charge is 0.402 e. The Morgan fingerprint density at radius 2 is 1.17 bits per heavy atom. The van der Waals surface area contributed by atoms with Gasteiger partial charge < -0.3 is 110 Å². The Morgan fingerprint density at radius 1 is 0.591 bits per heavy atom. The first-order valence-electron chi connectivity index (χ1n) is 20.0. The molecular weight excluding hydrogens is 888 g/mol. The monoisotopic (exact) mass is 935 g/mol. The SMILES string of the molecule is O=C(/C=C/c1ccc(O)c(O)c1)OCC1OC(Oc2cc3c(OC4OC(CO)C(O)C(O)C4O)cc(O)cc3[o+]c2-c2ccc(O)c(O)c2)C(OC2OC(CO)C(O)C(O)C2O)C(O)C1O. The molecule has 24 heteroatoms. The predicted molar refractivity (Wildman–Crippen MR) is 215 cm³/mol. The van der Waals surface area contributed by atoms with Crippen LogP contribution in [0.1, 0.15) is 5.56 Å². The quantitative estimate of drug-likeness (QED) is 0.0282. The normalized spacial score (nSPS) is 32.6. The van der Waals surface area contributed by atoms with Crippen LogP contribution >= 0.6 is 0 Å². The molecule has 15 N–H and O–H groups in total. The van der Waals surface area contributed by atoms with Crippen LogP contribution in [0.4, 0.5) is 0 Å². The number of aromatic hydroxyl groups is 5. The van der Waals surface area contributed by atoms with Crippen molar-refractivity contribution in [1.82, 2.24) is 0 Å². The molecule has 1 aromatic heterocycles. The van der Waals surface area contributed by atoms with E-state index in [0.717, 1.165) is 36.4 Å². The number of phenols is 5. The number of carbonyl (C=O) groups excluding carboxylic acids is 1. The lowest BCUT2D eigenvalue weighted by Crippen LogP contribution is -2.65. The number of benzene rings is 3. The maximum absolute atomic E-state index is 12.8. The molecule has 15 atom stereocenters. The molecule has 15 unspecified atom stereocenters. The van der Waals surface area contributed by atoms with Crippen LogP contribution in [0.15, 0.2) is 65.1 Å². The number of fused-ring (bicyclic) bond motifs is 1. The zero-order valence-electron chi connectivity index (χ0n) is 34.0. The first-order valence-corrected chi connectivity index (χ1v) is 20.0. The van der Waals surface area contributed by atoms with Crippen molar-refractivity contribution in [2.45, 2.75) is 92.1 Å². The highest BCUT2D eigenvalue weighted by atomic mass is 16.8. The molecule has 0 radical (unpaired) electrons. The molecule has 0 bridgehead atoms. The van der Waals surface area contributed by atoms with Gasteiger partial charge in [-0.15, -0.1) is 0 Å². The second-order valence-corrected chi connectivity index (χ2v) is 15.5. The fraction of sp³-hybridized carbons (Fsp3) is 0.429. The number of phenolic OH excluding ortho intramolecular Hbond substituents is 5. The standard InChI is InChI=1S/C42H46O24/c43-12-26-30(51)33(54)36(57)40(63-26)61-24-10-17(45)9-23-18(24)11-25(38(60-23)16-3-5-20(47)22(49)8-16)62-42-39(66-41-37(58)34(55)31(52)27(13-44)64-41)35(56)32(53)28(65-42)14-59-29(50)6-2-15-1-4-19(46)21(48)7-15/h1-11,26-28,30-37,39-44,51-58H,12-14H2,(H4-,45,46,47,48,49,50)/p+1. The number of ether oxygens (including phenoxy) is 7. The summed E-state index contributed by atoms with van der Waals surface area (Å²) in [5.74, 6) is -4.64. The van der Waals surface area contributed by atoms with E-state index >= 15 is 0 Å². The lowest BCUT2D eigenvalue weighted by molar-refractivity contribution is -0.357. The van der Waals surface area contributed by atoms with Crippen molar-refractivity contribution in [3.05, 3.63) is 66.2 Å². The Bertz CT molecular complexity index is 2370. The van der Waals surface area contributed by atoms with Gasteiger partial charge in [-0.1, -0.05) is 6.07 Å². The summed E-state index contributed by atoms with van der Waals surface area (Å²) in [6.45, 7) is -2.47. The zero-order chi connectivity index (χ0) is 47.7.